The van der Waals surface area contributed by atoms with Gasteiger partial charge in [0.1, 0.15) is 25.8 Å². The minimum Gasteiger partial charge on any atom is -0.495 e. The van der Waals surface area contributed by atoms with E-state index in [2.05, 4.69) is 102 Å². The highest BCUT2D eigenvalue weighted by molar-refractivity contribution is 9.10. The number of rotatable bonds is 7. The summed E-state index contributed by atoms with van der Waals surface area (Å²) in [7, 11) is 2.43. The van der Waals surface area contributed by atoms with Crippen molar-refractivity contribution in [1.29, 1.82) is 0 Å². The Hall–Kier alpha value is -2.36. The molecule has 2 aromatic rings. The highest BCUT2D eigenvalue weighted by atomic mass is 79.9. The Bertz CT molecular complexity index is 1190. The van der Waals surface area contributed by atoms with Gasteiger partial charge in [0, 0.05) is 63.3 Å². The zero-order valence-corrected chi connectivity index (χ0v) is 26.7. The van der Waals surface area contributed by atoms with Crippen molar-refractivity contribution in [2.45, 2.75) is 51.6 Å². The van der Waals surface area contributed by atoms with Gasteiger partial charge in [0.25, 0.3) is 0 Å². The van der Waals surface area contributed by atoms with E-state index in [9.17, 15) is 0 Å². The number of hydrogen-bond donors (Lipinski definition) is 3. The number of benzene rings is 1. The van der Waals surface area contributed by atoms with Crippen molar-refractivity contribution < 1.29 is 4.74 Å². The van der Waals surface area contributed by atoms with Gasteiger partial charge in [-0.2, -0.15) is 4.98 Å². The van der Waals surface area contributed by atoms with E-state index in [0.29, 0.717) is 17.8 Å². The van der Waals surface area contributed by atoms with Crippen LogP contribution in [0.3, 0.4) is 0 Å². The largest absolute Gasteiger partial charge is 0.495 e. The molecule has 0 bridgehead atoms. The Kier molecular flexibility index (Phi) is 9.77. The minimum atomic E-state index is -1.52. The molecule has 2 fully saturated rings. The zero-order valence-electron chi connectivity index (χ0n) is 24.1. The van der Waals surface area contributed by atoms with Crippen molar-refractivity contribution in [3.8, 4) is 17.2 Å². The third-order valence-corrected chi connectivity index (χ3v) is 8.75. The minimum absolute atomic E-state index is 0.469. The molecular formula is C28H43BrN8OSi. The van der Waals surface area contributed by atoms with Crippen LogP contribution in [-0.2, 0) is 0 Å². The quantitative estimate of drug-likeness (QED) is 0.242. The lowest BCUT2D eigenvalue weighted by Crippen LogP contribution is -2.52. The number of piperidine rings is 1. The van der Waals surface area contributed by atoms with Crippen LogP contribution in [0, 0.1) is 18.4 Å². The van der Waals surface area contributed by atoms with Crippen LogP contribution < -0.4 is 26.0 Å². The second-order valence-corrected chi connectivity index (χ2v) is 17.2. The van der Waals surface area contributed by atoms with Gasteiger partial charge in [-0.25, -0.2) is 4.98 Å². The summed E-state index contributed by atoms with van der Waals surface area (Å²) in [6, 6.07) is 4.92. The van der Waals surface area contributed by atoms with Crippen molar-refractivity contribution in [3.63, 3.8) is 0 Å². The third-order valence-electron chi connectivity index (χ3n) is 7.27. The highest BCUT2D eigenvalue weighted by Gasteiger charge is 2.28. The van der Waals surface area contributed by atoms with Crippen LogP contribution in [0.25, 0.3) is 0 Å². The number of aryl methyl sites for hydroxylation is 1. The third kappa shape index (κ3) is 8.08. The van der Waals surface area contributed by atoms with E-state index in [1.807, 2.05) is 6.07 Å². The molecule has 0 spiro atoms. The number of aromatic nitrogens is 2. The van der Waals surface area contributed by atoms with E-state index in [-0.39, 0.29) is 0 Å². The average molecular weight is 616 g/mol. The molecule has 1 aromatic heterocycles. The lowest BCUT2D eigenvalue weighted by Gasteiger charge is -2.42. The number of likely N-dealkylation sites (N-methyl/N-ethyl adjacent to an activating group) is 1. The van der Waals surface area contributed by atoms with E-state index >= 15 is 0 Å². The van der Waals surface area contributed by atoms with Crippen molar-refractivity contribution >= 4 is 47.1 Å². The summed E-state index contributed by atoms with van der Waals surface area (Å²) in [5.41, 5.74) is 12.6. The maximum Gasteiger partial charge on any atom is 0.229 e. The van der Waals surface area contributed by atoms with Gasteiger partial charge < -0.3 is 30.9 Å². The smallest absolute Gasteiger partial charge is 0.229 e. The zero-order chi connectivity index (χ0) is 28.2. The Labute approximate surface area is 243 Å². The summed E-state index contributed by atoms with van der Waals surface area (Å²) in [4.78, 5) is 16.7. The van der Waals surface area contributed by atoms with Gasteiger partial charge in [-0.1, -0.05) is 25.6 Å². The molecular weight excluding hydrogens is 572 g/mol. The number of piperazine rings is 1. The first-order valence-corrected chi connectivity index (χ1v) is 18.0. The fourth-order valence-corrected chi connectivity index (χ4v) is 5.90. The van der Waals surface area contributed by atoms with E-state index in [0.717, 1.165) is 40.2 Å². The average Bonchev–Trinajstić information content (AvgIpc) is 2.90. The van der Waals surface area contributed by atoms with Gasteiger partial charge in [-0.05, 0) is 54.4 Å². The van der Waals surface area contributed by atoms with Crippen LogP contribution in [0.5, 0.6) is 5.75 Å². The predicted octanol–water partition coefficient (Wildman–Crippen LogP) is 4.09. The van der Waals surface area contributed by atoms with E-state index < -0.39 is 14.2 Å². The standard InChI is InChI=1S/C28H43BrN8OSi/c1-20-17-24(37-10-7-21(8-11-37)36-14-12-35(2)13-15-36)25(38-3)18-23(20)32-28-31-19-22(29)27(34-28)33-26(30)9-16-39(4,5)6/h17-19,21,26H,7-8,10-15,30H2,1-6H3,(H2,31,32,33,34). The molecule has 39 heavy (non-hydrogen) atoms. The fraction of sp³-hybridized carbons (Fsp3) is 0.571. The summed E-state index contributed by atoms with van der Waals surface area (Å²) < 4.78 is 6.57. The molecule has 3 heterocycles. The van der Waals surface area contributed by atoms with Crippen LogP contribution >= 0.6 is 15.9 Å². The summed E-state index contributed by atoms with van der Waals surface area (Å²) in [6.07, 6.45) is 3.55. The lowest BCUT2D eigenvalue weighted by atomic mass is 10.0. The first-order chi connectivity index (χ1) is 18.5. The van der Waals surface area contributed by atoms with Crippen molar-refractivity contribution in [1.82, 2.24) is 19.8 Å². The van der Waals surface area contributed by atoms with Crippen LogP contribution in [0.2, 0.25) is 19.6 Å². The van der Waals surface area contributed by atoms with Crippen molar-refractivity contribution in [3.05, 3.63) is 28.4 Å². The molecule has 212 valence electrons. The van der Waals surface area contributed by atoms with Gasteiger partial charge in [-0.3, -0.25) is 4.90 Å². The number of nitrogens with one attached hydrogen (secondary N) is 2. The number of methoxy groups -OCH3 is 1. The van der Waals surface area contributed by atoms with E-state index in [1.165, 1.54) is 39.0 Å². The van der Waals surface area contributed by atoms with Gasteiger partial charge in [0.2, 0.25) is 5.95 Å². The lowest BCUT2D eigenvalue weighted by molar-refractivity contribution is 0.0981. The van der Waals surface area contributed by atoms with Crippen molar-refractivity contribution in [2.24, 2.45) is 5.73 Å². The van der Waals surface area contributed by atoms with Crippen LogP contribution in [0.15, 0.2) is 22.8 Å². The van der Waals surface area contributed by atoms with Gasteiger partial charge in [0.15, 0.2) is 0 Å². The highest BCUT2D eigenvalue weighted by Crippen LogP contribution is 2.37. The Morgan fingerprint density at radius 1 is 1.13 bits per heavy atom. The Balaban J connectivity index is 1.44. The summed E-state index contributed by atoms with van der Waals surface area (Å²) >= 11 is 3.52. The number of anilines is 4. The SMILES string of the molecule is COc1cc(Nc2ncc(Br)c(NC(N)C#C[Si](C)(C)C)n2)c(C)cc1N1CCC(N2CCN(C)CC2)CC1. The number of nitrogens with zero attached hydrogens (tertiary/aromatic N) is 5. The molecule has 4 rings (SSSR count). The van der Waals surface area contributed by atoms with Crippen LogP contribution in [-0.4, -0.2) is 93.5 Å². The second-order valence-electron chi connectivity index (χ2n) is 11.6. The Morgan fingerprint density at radius 3 is 2.46 bits per heavy atom. The first kappa shape index (κ1) is 29.6. The predicted molar refractivity (Wildman–Crippen MR) is 168 cm³/mol. The molecule has 2 saturated heterocycles. The monoisotopic (exact) mass is 614 g/mol. The molecule has 1 aromatic carbocycles. The molecule has 2 aliphatic rings. The molecule has 4 N–H and O–H groups in total. The molecule has 0 saturated carbocycles. The number of ether oxygens (including phenoxy) is 1. The first-order valence-electron chi connectivity index (χ1n) is 13.7. The summed E-state index contributed by atoms with van der Waals surface area (Å²) in [5, 5.41) is 6.54. The molecule has 0 aliphatic carbocycles. The fourth-order valence-electron chi connectivity index (χ4n) is 5.00. The molecule has 9 nitrogen and oxygen atoms in total. The Morgan fingerprint density at radius 2 is 1.82 bits per heavy atom. The van der Waals surface area contributed by atoms with Gasteiger partial charge >= 0.3 is 0 Å². The number of halogens is 1. The number of nitrogens with two attached hydrogens (primary N) is 1. The molecule has 0 radical (unpaired) electrons. The van der Waals surface area contributed by atoms with E-state index in [1.54, 1.807) is 13.3 Å². The van der Waals surface area contributed by atoms with Crippen LogP contribution in [0.4, 0.5) is 23.1 Å². The maximum absolute atomic E-state index is 6.20. The van der Waals surface area contributed by atoms with Gasteiger partial charge in [-0.15, -0.1) is 5.54 Å². The molecule has 2 aliphatic heterocycles. The normalized spacial score (nSPS) is 18.3. The molecule has 1 unspecified atom stereocenters. The molecule has 11 heteroatoms. The number of hydrogen-bond acceptors (Lipinski definition) is 9. The topological polar surface area (TPSA) is 94.8 Å². The van der Waals surface area contributed by atoms with E-state index in [4.69, 9.17) is 10.5 Å². The van der Waals surface area contributed by atoms with Gasteiger partial charge in [0.05, 0.1) is 17.3 Å². The maximum atomic E-state index is 6.20. The summed E-state index contributed by atoms with van der Waals surface area (Å²) in [6.45, 7) is 15.4. The summed E-state index contributed by atoms with van der Waals surface area (Å²) in [5.74, 6) is 5.01. The van der Waals surface area contributed by atoms with Crippen molar-refractivity contribution in [2.75, 3.05) is 69.0 Å². The molecule has 0 amide bonds. The molecule has 1 atom stereocenters. The van der Waals surface area contributed by atoms with Crippen LogP contribution in [0.1, 0.15) is 18.4 Å². The second kappa shape index (κ2) is 12.9.